The normalized spacial score (nSPS) is 11.2. The maximum absolute atomic E-state index is 10.7. The third-order valence-corrected chi connectivity index (χ3v) is 3.29. The molecule has 0 radical (unpaired) electrons. The molecule has 0 spiro atoms. The first-order chi connectivity index (χ1) is 9.63. The topological polar surface area (TPSA) is 87.1 Å². The average molecular weight is 277 g/mol. The van der Waals surface area contributed by atoms with E-state index in [2.05, 4.69) is 34.0 Å². The predicted molar refractivity (Wildman–Crippen MR) is 79.0 cm³/mol. The summed E-state index contributed by atoms with van der Waals surface area (Å²) in [6, 6.07) is 4.61. The molecule has 0 aliphatic heterocycles. The molecule has 108 valence electrons. The molecule has 7 heteroatoms. The quantitative estimate of drug-likeness (QED) is 0.598. The van der Waals surface area contributed by atoms with Crippen LogP contribution in [0.1, 0.15) is 13.8 Å². The third kappa shape index (κ3) is 3.24. The van der Waals surface area contributed by atoms with Crippen molar-refractivity contribution in [1.29, 1.82) is 0 Å². The molecule has 2 rings (SSSR count). The van der Waals surface area contributed by atoms with Crippen LogP contribution in [0.4, 0.5) is 11.6 Å². The van der Waals surface area contributed by atoms with Gasteiger partial charge in [0.25, 0.3) is 5.69 Å². The Morgan fingerprint density at radius 1 is 1.40 bits per heavy atom. The molecule has 1 aromatic heterocycles. The lowest BCUT2D eigenvalue weighted by Gasteiger charge is -2.17. The van der Waals surface area contributed by atoms with Crippen molar-refractivity contribution in [3.63, 3.8) is 0 Å². The Hall–Kier alpha value is -2.15. The van der Waals surface area contributed by atoms with Crippen molar-refractivity contribution in [2.75, 3.05) is 31.5 Å². The van der Waals surface area contributed by atoms with Gasteiger partial charge in [-0.2, -0.15) is 0 Å². The molecule has 0 saturated heterocycles. The minimum Gasteiger partial charge on any atom is -0.355 e. The summed E-state index contributed by atoms with van der Waals surface area (Å²) in [5.41, 5.74) is 1.46. The average Bonchev–Trinajstić information content (AvgIpc) is 2.85. The molecule has 7 nitrogen and oxygen atoms in total. The number of nitro groups is 1. The Labute approximate surface area is 117 Å². The van der Waals surface area contributed by atoms with Crippen LogP contribution >= 0.6 is 0 Å². The molecule has 0 aliphatic rings. The largest absolute Gasteiger partial charge is 0.355 e. The number of nitrogens with zero attached hydrogens (tertiary/aromatic N) is 3. The first kappa shape index (κ1) is 14.3. The summed E-state index contributed by atoms with van der Waals surface area (Å²) < 4.78 is 0. The number of aromatic nitrogens is 2. The SMILES string of the molecule is CCN(CC)CCNc1nc2ccc([N+](=O)[O-])cc2[nH]1. The fraction of sp³-hybridized carbons (Fsp3) is 0.462. The van der Waals surface area contributed by atoms with Crippen molar-refractivity contribution in [2.24, 2.45) is 0 Å². The number of likely N-dealkylation sites (N-methyl/N-ethyl adjacent to an activating group) is 1. The van der Waals surface area contributed by atoms with E-state index in [4.69, 9.17) is 0 Å². The molecule has 0 amide bonds. The van der Waals surface area contributed by atoms with Crippen LogP contribution in [0.3, 0.4) is 0 Å². The number of benzene rings is 1. The van der Waals surface area contributed by atoms with Crippen LogP contribution in [-0.2, 0) is 0 Å². The van der Waals surface area contributed by atoms with Gasteiger partial charge in [0.2, 0.25) is 5.95 Å². The smallest absolute Gasteiger partial charge is 0.271 e. The number of non-ortho nitro benzene ring substituents is 1. The molecular formula is C13H19N5O2. The molecule has 2 aromatic rings. The summed E-state index contributed by atoms with van der Waals surface area (Å²) in [6.45, 7) is 8.01. The number of hydrogen-bond acceptors (Lipinski definition) is 5. The first-order valence-corrected chi connectivity index (χ1v) is 6.74. The van der Waals surface area contributed by atoms with Gasteiger partial charge < -0.3 is 15.2 Å². The minimum absolute atomic E-state index is 0.0656. The van der Waals surface area contributed by atoms with E-state index in [0.717, 1.165) is 31.7 Å². The molecule has 2 N–H and O–H groups in total. The monoisotopic (exact) mass is 277 g/mol. The summed E-state index contributed by atoms with van der Waals surface area (Å²) >= 11 is 0. The number of rotatable bonds is 7. The van der Waals surface area contributed by atoms with Crippen LogP contribution in [0.15, 0.2) is 18.2 Å². The number of H-pyrrole nitrogens is 1. The van der Waals surface area contributed by atoms with E-state index in [-0.39, 0.29) is 5.69 Å². The maximum atomic E-state index is 10.7. The number of fused-ring (bicyclic) bond motifs is 1. The highest BCUT2D eigenvalue weighted by molar-refractivity contribution is 5.79. The van der Waals surface area contributed by atoms with Crippen LogP contribution in [0.5, 0.6) is 0 Å². The lowest BCUT2D eigenvalue weighted by atomic mass is 10.3. The zero-order valence-electron chi connectivity index (χ0n) is 11.7. The number of imidazole rings is 1. The second-order valence-corrected chi connectivity index (χ2v) is 4.50. The molecule has 0 fully saturated rings. The van der Waals surface area contributed by atoms with Crippen LogP contribution < -0.4 is 5.32 Å². The Bertz CT molecular complexity index is 591. The van der Waals surface area contributed by atoms with Crippen molar-refractivity contribution < 1.29 is 4.92 Å². The van der Waals surface area contributed by atoms with Gasteiger partial charge in [-0.1, -0.05) is 13.8 Å². The summed E-state index contributed by atoms with van der Waals surface area (Å²) in [5.74, 6) is 0.646. The van der Waals surface area contributed by atoms with E-state index in [9.17, 15) is 10.1 Å². The highest BCUT2D eigenvalue weighted by atomic mass is 16.6. The van der Waals surface area contributed by atoms with Crippen LogP contribution in [0.2, 0.25) is 0 Å². The molecule has 0 saturated carbocycles. The van der Waals surface area contributed by atoms with Gasteiger partial charge >= 0.3 is 0 Å². The Kier molecular flexibility index (Phi) is 4.52. The van der Waals surface area contributed by atoms with Crippen molar-refractivity contribution in [1.82, 2.24) is 14.9 Å². The van der Waals surface area contributed by atoms with E-state index in [1.807, 2.05) is 0 Å². The van der Waals surface area contributed by atoms with E-state index in [1.54, 1.807) is 6.07 Å². The second kappa shape index (κ2) is 6.33. The number of nitrogens with one attached hydrogen (secondary N) is 2. The van der Waals surface area contributed by atoms with E-state index in [0.29, 0.717) is 11.5 Å². The van der Waals surface area contributed by atoms with E-state index in [1.165, 1.54) is 12.1 Å². The summed E-state index contributed by atoms with van der Waals surface area (Å²) in [4.78, 5) is 20.0. The minimum atomic E-state index is -0.409. The molecule has 0 atom stereocenters. The highest BCUT2D eigenvalue weighted by Crippen LogP contribution is 2.20. The molecule has 0 bridgehead atoms. The third-order valence-electron chi connectivity index (χ3n) is 3.29. The van der Waals surface area contributed by atoms with Gasteiger partial charge in [0.05, 0.1) is 16.0 Å². The van der Waals surface area contributed by atoms with E-state index < -0.39 is 4.92 Å². The fourth-order valence-corrected chi connectivity index (χ4v) is 2.07. The number of nitro benzene ring substituents is 1. The Morgan fingerprint density at radius 3 is 2.80 bits per heavy atom. The fourth-order valence-electron chi connectivity index (χ4n) is 2.07. The second-order valence-electron chi connectivity index (χ2n) is 4.50. The standard InChI is InChI=1S/C13H19N5O2/c1-3-17(4-2)8-7-14-13-15-11-6-5-10(18(19)20)9-12(11)16-13/h5-6,9H,3-4,7-8H2,1-2H3,(H2,14,15,16). The van der Waals surface area contributed by atoms with Gasteiger partial charge in [-0.15, -0.1) is 0 Å². The predicted octanol–water partition coefficient (Wildman–Crippen LogP) is 2.22. The molecule has 0 unspecified atom stereocenters. The molecule has 20 heavy (non-hydrogen) atoms. The Balaban J connectivity index is 2.02. The van der Waals surface area contributed by atoms with Crippen molar-refractivity contribution in [3.05, 3.63) is 28.3 Å². The van der Waals surface area contributed by atoms with Gasteiger partial charge in [0, 0.05) is 25.2 Å². The van der Waals surface area contributed by atoms with Crippen LogP contribution in [0, 0.1) is 10.1 Å². The zero-order chi connectivity index (χ0) is 14.5. The maximum Gasteiger partial charge on any atom is 0.271 e. The zero-order valence-corrected chi connectivity index (χ0v) is 11.7. The van der Waals surface area contributed by atoms with Gasteiger partial charge in [0.15, 0.2) is 0 Å². The highest BCUT2D eigenvalue weighted by Gasteiger charge is 2.09. The molecule has 0 aliphatic carbocycles. The molecule has 1 aromatic carbocycles. The summed E-state index contributed by atoms with van der Waals surface area (Å²) in [5, 5.41) is 13.9. The van der Waals surface area contributed by atoms with Gasteiger partial charge in [-0.25, -0.2) is 4.98 Å². The van der Waals surface area contributed by atoms with Crippen molar-refractivity contribution >= 4 is 22.7 Å². The van der Waals surface area contributed by atoms with Crippen molar-refractivity contribution in [3.8, 4) is 0 Å². The molecule has 1 heterocycles. The van der Waals surface area contributed by atoms with Crippen molar-refractivity contribution in [2.45, 2.75) is 13.8 Å². The lowest BCUT2D eigenvalue weighted by molar-refractivity contribution is -0.384. The number of aromatic amines is 1. The van der Waals surface area contributed by atoms with Gasteiger partial charge in [-0.05, 0) is 19.2 Å². The molecular weight excluding hydrogens is 258 g/mol. The Morgan fingerprint density at radius 2 is 2.15 bits per heavy atom. The van der Waals surface area contributed by atoms with Crippen LogP contribution in [0.25, 0.3) is 11.0 Å². The number of anilines is 1. The van der Waals surface area contributed by atoms with Crippen LogP contribution in [-0.4, -0.2) is 46.0 Å². The number of hydrogen-bond donors (Lipinski definition) is 2. The van der Waals surface area contributed by atoms with Gasteiger partial charge in [-0.3, -0.25) is 10.1 Å². The lowest BCUT2D eigenvalue weighted by Crippen LogP contribution is -2.28. The van der Waals surface area contributed by atoms with Gasteiger partial charge in [0.1, 0.15) is 0 Å². The first-order valence-electron chi connectivity index (χ1n) is 6.74. The van der Waals surface area contributed by atoms with E-state index >= 15 is 0 Å². The summed E-state index contributed by atoms with van der Waals surface area (Å²) in [6.07, 6.45) is 0. The summed E-state index contributed by atoms with van der Waals surface area (Å²) in [7, 11) is 0.